The molecule has 1 fully saturated rings. The smallest absolute Gasteiger partial charge is 0.128 e. The van der Waals surface area contributed by atoms with Gasteiger partial charge in [0, 0.05) is 31.9 Å². The van der Waals surface area contributed by atoms with Crippen LogP contribution in [-0.2, 0) is 6.54 Å². The summed E-state index contributed by atoms with van der Waals surface area (Å²) < 4.78 is 0. The van der Waals surface area contributed by atoms with Crippen LogP contribution in [0.1, 0.15) is 18.4 Å². The van der Waals surface area contributed by atoms with E-state index < -0.39 is 0 Å². The van der Waals surface area contributed by atoms with Crippen LogP contribution in [0.15, 0.2) is 18.3 Å². The Bertz CT molecular complexity index is 361. The molecule has 0 bridgehead atoms. The highest BCUT2D eigenvalue weighted by Gasteiger charge is 2.21. The van der Waals surface area contributed by atoms with Gasteiger partial charge in [0.1, 0.15) is 5.82 Å². The van der Waals surface area contributed by atoms with Crippen LogP contribution >= 0.6 is 0 Å². The van der Waals surface area contributed by atoms with Crippen LogP contribution < -0.4 is 10.2 Å². The maximum Gasteiger partial charge on any atom is 0.128 e. The Morgan fingerprint density at radius 1 is 1.44 bits per heavy atom. The van der Waals surface area contributed by atoms with Gasteiger partial charge in [0.15, 0.2) is 0 Å². The lowest BCUT2D eigenvalue weighted by atomic mass is 10.0. The van der Waals surface area contributed by atoms with Crippen LogP contribution in [0.5, 0.6) is 0 Å². The van der Waals surface area contributed by atoms with Crippen LogP contribution in [0.3, 0.4) is 0 Å². The molecule has 0 spiro atoms. The van der Waals surface area contributed by atoms with Gasteiger partial charge < -0.3 is 15.1 Å². The molecule has 18 heavy (non-hydrogen) atoms. The molecule has 2 rings (SSSR count). The lowest BCUT2D eigenvalue weighted by molar-refractivity contribution is 0.257. The molecule has 1 aliphatic rings. The summed E-state index contributed by atoms with van der Waals surface area (Å²) in [6.45, 7) is 3.10. The highest BCUT2D eigenvalue weighted by Crippen LogP contribution is 2.19. The molecule has 1 aliphatic heterocycles. The van der Waals surface area contributed by atoms with Crippen molar-refractivity contribution in [2.45, 2.75) is 25.4 Å². The maximum atomic E-state index is 4.58. The first-order valence-electron chi connectivity index (χ1n) is 6.71. The van der Waals surface area contributed by atoms with Crippen molar-refractivity contribution in [3.8, 4) is 0 Å². The summed E-state index contributed by atoms with van der Waals surface area (Å²) in [5.41, 5.74) is 1.24. The number of anilines is 1. The number of likely N-dealkylation sites (N-methyl/N-ethyl adjacent to an activating group) is 1. The van der Waals surface area contributed by atoms with Crippen LogP contribution in [-0.4, -0.2) is 50.2 Å². The first kappa shape index (κ1) is 13.3. The van der Waals surface area contributed by atoms with Crippen molar-refractivity contribution in [3.63, 3.8) is 0 Å². The van der Waals surface area contributed by atoms with Gasteiger partial charge in [-0.25, -0.2) is 4.98 Å². The van der Waals surface area contributed by atoms with E-state index in [4.69, 9.17) is 0 Å². The Labute approximate surface area is 110 Å². The molecule has 1 aromatic rings. The number of pyridine rings is 1. The molecule has 0 aliphatic carbocycles. The van der Waals surface area contributed by atoms with Crippen LogP contribution in [0.2, 0.25) is 0 Å². The van der Waals surface area contributed by atoms with Gasteiger partial charge in [-0.05, 0) is 45.6 Å². The number of hydrogen-bond donors (Lipinski definition) is 1. The van der Waals surface area contributed by atoms with E-state index in [2.05, 4.69) is 46.3 Å². The summed E-state index contributed by atoms with van der Waals surface area (Å²) in [7, 11) is 6.29. The van der Waals surface area contributed by atoms with E-state index in [1.807, 2.05) is 13.2 Å². The van der Waals surface area contributed by atoms with E-state index in [1.54, 1.807) is 0 Å². The SMILES string of the molecule is CNCc1ccc(N2CCCC(N(C)C)C2)nc1. The van der Waals surface area contributed by atoms with E-state index >= 15 is 0 Å². The Kier molecular flexibility index (Phi) is 4.55. The standard InChI is InChI=1S/C14H24N4/c1-15-9-12-6-7-14(16-10-12)18-8-4-5-13(11-18)17(2)3/h6-7,10,13,15H,4-5,8-9,11H2,1-3H3. The molecule has 0 aromatic carbocycles. The minimum absolute atomic E-state index is 0.650. The van der Waals surface area contributed by atoms with Crippen molar-refractivity contribution in [1.29, 1.82) is 0 Å². The van der Waals surface area contributed by atoms with Gasteiger partial charge in [-0.1, -0.05) is 6.07 Å². The van der Waals surface area contributed by atoms with Crippen molar-refractivity contribution in [2.75, 3.05) is 39.1 Å². The summed E-state index contributed by atoms with van der Waals surface area (Å²) in [6, 6.07) is 4.96. The fourth-order valence-corrected chi connectivity index (χ4v) is 2.50. The van der Waals surface area contributed by atoms with Gasteiger partial charge in [0.05, 0.1) is 0 Å². The number of aromatic nitrogens is 1. The van der Waals surface area contributed by atoms with Gasteiger partial charge in [0.25, 0.3) is 0 Å². The number of nitrogens with zero attached hydrogens (tertiary/aromatic N) is 3. The minimum atomic E-state index is 0.650. The fraction of sp³-hybridized carbons (Fsp3) is 0.643. The number of hydrogen-bond acceptors (Lipinski definition) is 4. The molecule has 1 saturated heterocycles. The Balaban J connectivity index is 2.02. The quantitative estimate of drug-likeness (QED) is 0.871. The number of piperidine rings is 1. The summed E-state index contributed by atoms with van der Waals surface area (Å²) in [5.74, 6) is 1.11. The average molecular weight is 248 g/mol. The average Bonchev–Trinajstić information content (AvgIpc) is 2.40. The van der Waals surface area contributed by atoms with Gasteiger partial charge in [-0.15, -0.1) is 0 Å². The Morgan fingerprint density at radius 2 is 2.28 bits per heavy atom. The van der Waals surface area contributed by atoms with Gasteiger partial charge in [0.2, 0.25) is 0 Å². The highest BCUT2D eigenvalue weighted by atomic mass is 15.2. The molecule has 4 nitrogen and oxygen atoms in total. The van der Waals surface area contributed by atoms with E-state index in [0.29, 0.717) is 6.04 Å². The molecule has 1 unspecified atom stereocenters. The van der Waals surface area contributed by atoms with Crippen molar-refractivity contribution in [2.24, 2.45) is 0 Å². The molecule has 1 atom stereocenters. The molecule has 100 valence electrons. The number of rotatable bonds is 4. The molecule has 0 amide bonds. The Hall–Kier alpha value is -1.13. The zero-order valence-electron chi connectivity index (χ0n) is 11.7. The van der Waals surface area contributed by atoms with Crippen LogP contribution in [0.4, 0.5) is 5.82 Å². The molecule has 0 saturated carbocycles. The largest absolute Gasteiger partial charge is 0.355 e. The highest BCUT2D eigenvalue weighted by molar-refractivity contribution is 5.40. The molecule has 4 heteroatoms. The van der Waals surface area contributed by atoms with Crippen molar-refractivity contribution >= 4 is 5.82 Å². The summed E-state index contributed by atoms with van der Waals surface area (Å²) in [5, 5.41) is 3.14. The maximum absolute atomic E-state index is 4.58. The molecule has 2 heterocycles. The second-order valence-corrected chi connectivity index (χ2v) is 5.26. The first-order chi connectivity index (χ1) is 8.70. The van der Waals surface area contributed by atoms with Crippen molar-refractivity contribution < 1.29 is 0 Å². The molecule has 1 aromatic heterocycles. The van der Waals surface area contributed by atoms with E-state index in [1.165, 1.54) is 18.4 Å². The predicted molar refractivity (Wildman–Crippen MR) is 75.9 cm³/mol. The van der Waals surface area contributed by atoms with Crippen molar-refractivity contribution in [1.82, 2.24) is 15.2 Å². The minimum Gasteiger partial charge on any atom is -0.355 e. The Morgan fingerprint density at radius 3 is 2.89 bits per heavy atom. The van der Waals surface area contributed by atoms with Gasteiger partial charge >= 0.3 is 0 Å². The summed E-state index contributed by atoms with van der Waals surface area (Å²) >= 11 is 0. The topological polar surface area (TPSA) is 31.4 Å². The summed E-state index contributed by atoms with van der Waals surface area (Å²) in [4.78, 5) is 9.30. The third-order valence-electron chi connectivity index (χ3n) is 3.64. The van der Waals surface area contributed by atoms with Gasteiger partial charge in [-0.2, -0.15) is 0 Å². The second kappa shape index (κ2) is 6.16. The normalized spacial score (nSPS) is 20.4. The van der Waals surface area contributed by atoms with Crippen LogP contribution in [0.25, 0.3) is 0 Å². The molecular weight excluding hydrogens is 224 g/mol. The predicted octanol–water partition coefficient (Wildman–Crippen LogP) is 1.33. The zero-order chi connectivity index (χ0) is 13.0. The lowest BCUT2D eigenvalue weighted by Crippen LogP contribution is -2.45. The number of nitrogens with one attached hydrogen (secondary N) is 1. The second-order valence-electron chi connectivity index (χ2n) is 5.26. The summed E-state index contributed by atoms with van der Waals surface area (Å²) in [6.07, 6.45) is 4.52. The molecule has 0 radical (unpaired) electrons. The monoisotopic (exact) mass is 248 g/mol. The lowest BCUT2D eigenvalue weighted by Gasteiger charge is -2.36. The molecule has 1 N–H and O–H groups in total. The van der Waals surface area contributed by atoms with Gasteiger partial charge in [-0.3, -0.25) is 0 Å². The van der Waals surface area contributed by atoms with Crippen molar-refractivity contribution in [3.05, 3.63) is 23.9 Å². The first-order valence-corrected chi connectivity index (χ1v) is 6.71. The van der Waals surface area contributed by atoms with E-state index in [9.17, 15) is 0 Å². The fourth-order valence-electron chi connectivity index (χ4n) is 2.50. The molecular formula is C14H24N4. The third kappa shape index (κ3) is 3.21. The van der Waals surface area contributed by atoms with E-state index in [-0.39, 0.29) is 0 Å². The third-order valence-corrected chi connectivity index (χ3v) is 3.64. The van der Waals surface area contributed by atoms with E-state index in [0.717, 1.165) is 25.5 Å². The zero-order valence-corrected chi connectivity index (χ0v) is 11.7. The van der Waals surface area contributed by atoms with Crippen LogP contribution in [0, 0.1) is 0 Å².